The molecule has 0 spiro atoms. The van der Waals surface area contributed by atoms with Gasteiger partial charge in [0.15, 0.2) is 0 Å². The van der Waals surface area contributed by atoms with E-state index in [4.69, 9.17) is 15.3 Å². The lowest BCUT2D eigenvalue weighted by molar-refractivity contribution is 0.145. The van der Waals surface area contributed by atoms with Crippen molar-refractivity contribution in [3.05, 3.63) is 120 Å². The summed E-state index contributed by atoms with van der Waals surface area (Å²) in [5.74, 6) is -0.137. The quantitative estimate of drug-likeness (QED) is 0.117. The molecule has 0 saturated carbocycles. The van der Waals surface area contributed by atoms with Crippen molar-refractivity contribution in [1.29, 1.82) is 5.41 Å². The fourth-order valence-electron chi connectivity index (χ4n) is 4.95. The molecule has 228 valence electrons. The minimum Gasteiger partial charge on any atom is -0.465 e. The van der Waals surface area contributed by atoms with Gasteiger partial charge < -0.3 is 9.84 Å². The highest BCUT2D eigenvalue weighted by Gasteiger charge is 2.25. The fourth-order valence-corrected chi connectivity index (χ4v) is 5.71. The lowest BCUT2D eigenvalue weighted by Crippen LogP contribution is -2.41. The Kier molecular flexibility index (Phi) is 10.5. The van der Waals surface area contributed by atoms with Crippen LogP contribution in [0, 0.1) is 5.41 Å². The number of alkyl carbamates (subject to hydrolysis) is 1. The van der Waals surface area contributed by atoms with Gasteiger partial charge in [-0.25, -0.2) is 23.1 Å². The zero-order valence-corrected chi connectivity index (χ0v) is 25.0. The van der Waals surface area contributed by atoms with Crippen molar-refractivity contribution < 1.29 is 27.9 Å². The van der Waals surface area contributed by atoms with Crippen LogP contribution in [0.25, 0.3) is 11.1 Å². The van der Waals surface area contributed by atoms with Gasteiger partial charge >= 0.3 is 12.2 Å². The summed E-state index contributed by atoms with van der Waals surface area (Å²) in [5, 5.41) is 26.5. The lowest BCUT2D eigenvalue weighted by Gasteiger charge is -2.30. The second-order valence-corrected chi connectivity index (χ2v) is 11.7. The number of hydrogen-bond donors (Lipinski definition) is 4. The van der Waals surface area contributed by atoms with E-state index in [1.54, 1.807) is 60.7 Å². The standard InChI is InChI=1S/C33H34N4O6S/c1-2-9-28(21-24-12-8-13-26(20-24)31(34)36-32(38)43-22-23-10-4-3-5-11-23)37(33(39)40)27-18-16-25(17-19-27)29-14-6-7-15-30(29)44(35,41)42/h3-8,10-20,28H,2,9,21-22H2,1H3,(H,39,40)(H2,34,36,38)(H2,35,41,42). The van der Waals surface area contributed by atoms with Gasteiger partial charge in [0.2, 0.25) is 10.0 Å². The predicted molar refractivity (Wildman–Crippen MR) is 169 cm³/mol. The SMILES string of the molecule is CCCC(Cc1cccc(C(=N)NC(=O)OCc2ccccc2)c1)N(C(=O)O)c1ccc(-c2ccccc2S(N)(=O)=O)cc1. The summed E-state index contributed by atoms with van der Waals surface area (Å²) in [4.78, 5) is 26.1. The second kappa shape index (κ2) is 14.5. The molecule has 0 heterocycles. The van der Waals surface area contributed by atoms with Gasteiger partial charge in [0.05, 0.1) is 4.90 Å². The molecule has 10 nitrogen and oxygen atoms in total. The number of amides is 2. The fraction of sp³-hybridized carbons (Fsp3) is 0.182. The molecule has 0 aliphatic rings. The molecule has 4 rings (SSSR count). The average Bonchev–Trinajstić information content (AvgIpc) is 3.01. The number of amidine groups is 1. The number of rotatable bonds is 11. The van der Waals surface area contributed by atoms with Crippen LogP contribution in [-0.4, -0.2) is 37.6 Å². The maximum Gasteiger partial charge on any atom is 0.413 e. The smallest absolute Gasteiger partial charge is 0.413 e. The summed E-state index contributed by atoms with van der Waals surface area (Å²) in [5.41, 5.74) is 3.50. The number of primary sulfonamides is 1. The topological polar surface area (TPSA) is 163 Å². The Hall–Kier alpha value is -5.00. The number of carboxylic acid groups (broad SMARTS) is 1. The molecule has 1 atom stereocenters. The molecular weight excluding hydrogens is 580 g/mol. The third-order valence-corrected chi connectivity index (χ3v) is 7.94. The molecule has 0 saturated heterocycles. The molecule has 5 N–H and O–H groups in total. The molecule has 0 aliphatic heterocycles. The van der Waals surface area contributed by atoms with Crippen molar-refractivity contribution in [2.24, 2.45) is 5.14 Å². The molecule has 0 aliphatic carbocycles. The van der Waals surface area contributed by atoms with Crippen LogP contribution in [-0.2, 0) is 27.8 Å². The zero-order valence-electron chi connectivity index (χ0n) is 24.1. The first-order valence-corrected chi connectivity index (χ1v) is 15.5. The summed E-state index contributed by atoms with van der Waals surface area (Å²) in [6.07, 6.45) is -0.240. The van der Waals surface area contributed by atoms with E-state index in [1.165, 1.54) is 11.0 Å². The van der Waals surface area contributed by atoms with E-state index < -0.39 is 28.3 Å². The molecule has 4 aromatic rings. The number of sulfonamides is 1. The Balaban J connectivity index is 1.50. The Morgan fingerprint density at radius 3 is 2.25 bits per heavy atom. The number of carbonyl (C=O) groups excluding carboxylic acids is 1. The Morgan fingerprint density at radius 2 is 1.59 bits per heavy atom. The van der Waals surface area contributed by atoms with Crippen molar-refractivity contribution >= 4 is 33.7 Å². The van der Waals surface area contributed by atoms with Crippen molar-refractivity contribution in [1.82, 2.24) is 5.32 Å². The molecule has 2 amide bonds. The Morgan fingerprint density at radius 1 is 0.932 bits per heavy atom. The van der Waals surface area contributed by atoms with E-state index in [2.05, 4.69) is 5.32 Å². The summed E-state index contributed by atoms with van der Waals surface area (Å²) < 4.78 is 29.4. The first kappa shape index (κ1) is 31.9. The van der Waals surface area contributed by atoms with Gasteiger partial charge in [-0.1, -0.05) is 92.2 Å². The highest BCUT2D eigenvalue weighted by Crippen LogP contribution is 2.30. The van der Waals surface area contributed by atoms with Gasteiger partial charge in [-0.2, -0.15) is 0 Å². The molecule has 1 unspecified atom stereocenters. The molecule has 4 aromatic carbocycles. The maximum absolute atomic E-state index is 12.5. The van der Waals surface area contributed by atoms with Crippen molar-refractivity contribution in [3.8, 4) is 11.1 Å². The van der Waals surface area contributed by atoms with Gasteiger partial charge in [0.1, 0.15) is 12.4 Å². The van der Waals surface area contributed by atoms with E-state index >= 15 is 0 Å². The summed E-state index contributed by atoms with van der Waals surface area (Å²) in [7, 11) is -3.96. The maximum atomic E-state index is 12.5. The number of anilines is 1. The van der Waals surface area contributed by atoms with E-state index in [0.717, 1.165) is 17.5 Å². The van der Waals surface area contributed by atoms with E-state index in [9.17, 15) is 23.1 Å². The molecule has 0 bridgehead atoms. The van der Waals surface area contributed by atoms with Gasteiger partial charge in [-0.3, -0.25) is 15.6 Å². The number of nitrogens with two attached hydrogens (primary N) is 1. The number of hydrogen-bond acceptors (Lipinski definition) is 6. The first-order valence-electron chi connectivity index (χ1n) is 14.0. The zero-order chi connectivity index (χ0) is 31.7. The number of ether oxygens (including phenoxy) is 1. The third-order valence-electron chi connectivity index (χ3n) is 6.97. The molecule has 11 heteroatoms. The summed E-state index contributed by atoms with van der Waals surface area (Å²) >= 11 is 0. The molecule has 0 aromatic heterocycles. The second-order valence-electron chi connectivity index (χ2n) is 10.1. The van der Waals surface area contributed by atoms with Crippen LogP contribution in [0.3, 0.4) is 0 Å². The number of carbonyl (C=O) groups is 2. The third kappa shape index (κ3) is 8.30. The number of nitrogens with zero attached hydrogens (tertiary/aromatic N) is 1. The Labute approximate surface area is 256 Å². The first-order chi connectivity index (χ1) is 21.1. The van der Waals surface area contributed by atoms with Crippen LogP contribution >= 0.6 is 0 Å². The van der Waals surface area contributed by atoms with Crippen LogP contribution in [0.1, 0.15) is 36.5 Å². The van der Waals surface area contributed by atoms with Crippen LogP contribution in [0.4, 0.5) is 15.3 Å². The predicted octanol–water partition coefficient (Wildman–Crippen LogP) is 6.15. The van der Waals surface area contributed by atoms with Crippen molar-refractivity contribution in [2.75, 3.05) is 4.90 Å². The largest absolute Gasteiger partial charge is 0.465 e. The minimum absolute atomic E-state index is 0.0175. The van der Waals surface area contributed by atoms with Gasteiger partial charge in [0, 0.05) is 22.9 Å². The minimum atomic E-state index is -3.96. The monoisotopic (exact) mass is 614 g/mol. The number of benzene rings is 4. The summed E-state index contributed by atoms with van der Waals surface area (Å²) in [6.45, 7) is 2.04. The molecular formula is C33H34N4O6S. The molecule has 44 heavy (non-hydrogen) atoms. The van der Waals surface area contributed by atoms with Gasteiger partial charge in [-0.05, 0) is 53.8 Å². The van der Waals surface area contributed by atoms with E-state index in [1.807, 2.05) is 43.3 Å². The van der Waals surface area contributed by atoms with E-state index in [0.29, 0.717) is 35.2 Å². The lowest BCUT2D eigenvalue weighted by atomic mass is 9.98. The van der Waals surface area contributed by atoms with Crippen LogP contribution in [0.2, 0.25) is 0 Å². The summed E-state index contributed by atoms with van der Waals surface area (Å²) in [6, 6.07) is 28.8. The van der Waals surface area contributed by atoms with Crippen LogP contribution in [0.15, 0.2) is 108 Å². The normalized spacial score (nSPS) is 11.8. The molecule has 0 fully saturated rings. The highest BCUT2D eigenvalue weighted by atomic mass is 32.2. The van der Waals surface area contributed by atoms with Crippen LogP contribution in [0.5, 0.6) is 0 Å². The Bertz CT molecular complexity index is 1730. The van der Waals surface area contributed by atoms with Gasteiger partial charge in [-0.15, -0.1) is 0 Å². The highest BCUT2D eigenvalue weighted by molar-refractivity contribution is 7.89. The average molecular weight is 615 g/mol. The van der Waals surface area contributed by atoms with Crippen molar-refractivity contribution in [3.63, 3.8) is 0 Å². The molecule has 0 radical (unpaired) electrons. The van der Waals surface area contributed by atoms with Gasteiger partial charge in [0.25, 0.3) is 0 Å². The number of nitrogens with one attached hydrogen (secondary N) is 2. The van der Waals surface area contributed by atoms with Crippen molar-refractivity contribution in [2.45, 2.75) is 43.7 Å². The van der Waals surface area contributed by atoms with Crippen LogP contribution < -0.4 is 15.4 Å². The van der Waals surface area contributed by atoms with E-state index in [-0.39, 0.29) is 17.3 Å².